The summed E-state index contributed by atoms with van der Waals surface area (Å²) in [5.41, 5.74) is 1.53. The number of nitrogens with one attached hydrogen (secondary N) is 1. The molecule has 0 saturated heterocycles. The van der Waals surface area contributed by atoms with E-state index in [9.17, 15) is 4.79 Å². The van der Waals surface area contributed by atoms with Crippen molar-refractivity contribution in [3.05, 3.63) is 17.5 Å². The zero-order chi connectivity index (χ0) is 13.0. The second-order valence-electron chi connectivity index (χ2n) is 5.41. The van der Waals surface area contributed by atoms with Crippen LogP contribution in [0.2, 0.25) is 0 Å². The number of H-pyrrole nitrogens is 1. The van der Waals surface area contributed by atoms with E-state index >= 15 is 0 Å². The molecule has 0 radical (unpaired) electrons. The van der Waals surface area contributed by atoms with Crippen LogP contribution in [0.1, 0.15) is 43.7 Å². The van der Waals surface area contributed by atoms with Crippen LogP contribution in [0.5, 0.6) is 0 Å². The summed E-state index contributed by atoms with van der Waals surface area (Å²) in [6.45, 7) is 12.0. The monoisotopic (exact) mass is 237 g/mol. The third-order valence-corrected chi connectivity index (χ3v) is 2.52. The average Bonchev–Trinajstić information content (AvgIpc) is 2.61. The molecule has 96 valence electrons. The van der Waals surface area contributed by atoms with Crippen LogP contribution in [0.25, 0.3) is 0 Å². The number of carbonyl (C=O) groups excluding carboxylic acids is 1. The molecule has 1 heterocycles. The molecule has 1 rings (SSSR count). The highest BCUT2D eigenvalue weighted by Crippen LogP contribution is 2.11. The lowest BCUT2D eigenvalue weighted by atomic mass is 10.1. The van der Waals surface area contributed by atoms with E-state index in [1.165, 1.54) is 0 Å². The van der Waals surface area contributed by atoms with Crippen molar-refractivity contribution < 1.29 is 4.79 Å². The fraction of sp³-hybridized carbons (Fsp3) is 0.692. The number of hydrogen-bond donors (Lipinski definition) is 1. The number of amides is 1. The van der Waals surface area contributed by atoms with Crippen LogP contribution in [-0.4, -0.2) is 34.1 Å². The molecule has 1 aromatic heterocycles. The van der Waals surface area contributed by atoms with Gasteiger partial charge in [-0.2, -0.15) is 5.10 Å². The summed E-state index contributed by atoms with van der Waals surface area (Å²) >= 11 is 0. The van der Waals surface area contributed by atoms with Gasteiger partial charge >= 0.3 is 0 Å². The van der Waals surface area contributed by atoms with E-state index in [4.69, 9.17) is 0 Å². The van der Waals surface area contributed by atoms with E-state index in [0.717, 1.165) is 18.8 Å². The van der Waals surface area contributed by atoms with E-state index in [1.807, 2.05) is 11.8 Å². The lowest BCUT2D eigenvalue weighted by Crippen LogP contribution is -2.37. The molecular weight excluding hydrogens is 214 g/mol. The second kappa shape index (κ2) is 5.84. The van der Waals surface area contributed by atoms with Crippen LogP contribution in [0.15, 0.2) is 6.20 Å². The van der Waals surface area contributed by atoms with Gasteiger partial charge in [0.05, 0.1) is 11.8 Å². The Labute approximate surface area is 103 Å². The molecule has 0 atom stereocenters. The number of hydrogen-bond acceptors (Lipinski definition) is 2. The van der Waals surface area contributed by atoms with E-state index < -0.39 is 0 Å². The Balaban J connectivity index is 2.82. The number of nitrogens with zero attached hydrogens (tertiary/aromatic N) is 2. The van der Waals surface area contributed by atoms with E-state index in [-0.39, 0.29) is 5.91 Å². The van der Waals surface area contributed by atoms with E-state index in [0.29, 0.717) is 17.4 Å². The number of aryl methyl sites for hydroxylation is 1. The number of rotatable bonds is 5. The van der Waals surface area contributed by atoms with Gasteiger partial charge in [-0.1, -0.05) is 27.7 Å². The van der Waals surface area contributed by atoms with Gasteiger partial charge in [-0.3, -0.25) is 9.89 Å². The Kier molecular flexibility index (Phi) is 4.73. The minimum Gasteiger partial charge on any atom is -0.338 e. The Hall–Kier alpha value is -1.32. The molecule has 0 saturated carbocycles. The molecule has 1 aromatic rings. The molecule has 0 bridgehead atoms. The van der Waals surface area contributed by atoms with Gasteiger partial charge in [0.1, 0.15) is 0 Å². The topological polar surface area (TPSA) is 49.0 Å². The maximum Gasteiger partial charge on any atom is 0.257 e. The van der Waals surface area contributed by atoms with Gasteiger partial charge < -0.3 is 4.90 Å². The lowest BCUT2D eigenvalue weighted by Gasteiger charge is -2.26. The van der Waals surface area contributed by atoms with Gasteiger partial charge in [0, 0.05) is 18.8 Å². The maximum absolute atomic E-state index is 12.4. The summed E-state index contributed by atoms with van der Waals surface area (Å²) in [5, 5.41) is 6.72. The van der Waals surface area contributed by atoms with Gasteiger partial charge in [-0.05, 0) is 18.8 Å². The Morgan fingerprint density at radius 2 is 1.82 bits per heavy atom. The van der Waals surface area contributed by atoms with Gasteiger partial charge in [0.25, 0.3) is 5.91 Å². The van der Waals surface area contributed by atoms with Gasteiger partial charge in [0.2, 0.25) is 0 Å². The predicted octanol–water partition coefficient (Wildman–Crippen LogP) is 2.47. The minimum atomic E-state index is 0.0821. The zero-order valence-corrected chi connectivity index (χ0v) is 11.4. The van der Waals surface area contributed by atoms with Crippen molar-refractivity contribution in [2.75, 3.05) is 13.1 Å². The van der Waals surface area contributed by atoms with Crippen molar-refractivity contribution in [1.82, 2.24) is 15.1 Å². The third-order valence-electron chi connectivity index (χ3n) is 2.52. The summed E-state index contributed by atoms with van der Waals surface area (Å²) < 4.78 is 0. The Bertz CT molecular complexity index is 358. The summed E-state index contributed by atoms with van der Waals surface area (Å²) in [4.78, 5) is 14.3. The molecule has 0 aliphatic carbocycles. The van der Waals surface area contributed by atoms with E-state index in [2.05, 4.69) is 37.9 Å². The average molecular weight is 237 g/mol. The molecule has 0 aromatic carbocycles. The third kappa shape index (κ3) is 3.88. The van der Waals surface area contributed by atoms with Crippen molar-refractivity contribution in [3.63, 3.8) is 0 Å². The largest absolute Gasteiger partial charge is 0.338 e. The molecule has 0 fully saturated rings. The Morgan fingerprint density at radius 1 is 1.29 bits per heavy atom. The molecule has 4 heteroatoms. The second-order valence-corrected chi connectivity index (χ2v) is 5.41. The predicted molar refractivity (Wildman–Crippen MR) is 68.9 cm³/mol. The van der Waals surface area contributed by atoms with E-state index in [1.54, 1.807) is 6.20 Å². The fourth-order valence-corrected chi connectivity index (χ4v) is 1.86. The number of aromatic nitrogens is 2. The first-order valence-electron chi connectivity index (χ1n) is 6.21. The molecule has 0 spiro atoms. The van der Waals surface area contributed by atoms with Crippen LogP contribution in [-0.2, 0) is 0 Å². The minimum absolute atomic E-state index is 0.0821. The number of carbonyl (C=O) groups is 1. The maximum atomic E-state index is 12.4. The molecule has 1 amide bonds. The van der Waals surface area contributed by atoms with Crippen LogP contribution in [0, 0.1) is 18.8 Å². The van der Waals surface area contributed by atoms with Crippen LogP contribution >= 0.6 is 0 Å². The van der Waals surface area contributed by atoms with Crippen molar-refractivity contribution >= 4 is 5.91 Å². The molecule has 0 unspecified atom stereocenters. The van der Waals surface area contributed by atoms with Crippen LogP contribution in [0.4, 0.5) is 0 Å². The van der Waals surface area contributed by atoms with Crippen molar-refractivity contribution in [2.45, 2.75) is 34.6 Å². The normalized spacial score (nSPS) is 11.2. The fourth-order valence-electron chi connectivity index (χ4n) is 1.86. The standard InChI is InChI=1S/C13H23N3O/c1-9(2)7-16(8-10(3)4)13(17)12-6-14-15-11(12)5/h6,9-10H,7-8H2,1-5H3,(H,14,15). The summed E-state index contributed by atoms with van der Waals surface area (Å²) in [7, 11) is 0. The zero-order valence-electron chi connectivity index (χ0n) is 11.4. The van der Waals surface area contributed by atoms with Gasteiger partial charge in [0.15, 0.2) is 0 Å². The first-order valence-corrected chi connectivity index (χ1v) is 6.21. The molecule has 1 N–H and O–H groups in total. The highest BCUT2D eigenvalue weighted by Gasteiger charge is 2.20. The highest BCUT2D eigenvalue weighted by atomic mass is 16.2. The molecule has 0 aliphatic heterocycles. The first-order chi connectivity index (χ1) is 7.91. The molecule has 4 nitrogen and oxygen atoms in total. The van der Waals surface area contributed by atoms with Crippen molar-refractivity contribution in [3.8, 4) is 0 Å². The smallest absolute Gasteiger partial charge is 0.257 e. The van der Waals surface area contributed by atoms with Crippen molar-refractivity contribution in [1.29, 1.82) is 0 Å². The Morgan fingerprint density at radius 3 is 2.18 bits per heavy atom. The first kappa shape index (κ1) is 13.7. The summed E-state index contributed by atoms with van der Waals surface area (Å²) in [6.07, 6.45) is 1.62. The molecule has 0 aliphatic rings. The quantitative estimate of drug-likeness (QED) is 0.855. The number of aromatic amines is 1. The summed E-state index contributed by atoms with van der Waals surface area (Å²) in [6, 6.07) is 0. The summed E-state index contributed by atoms with van der Waals surface area (Å²) in [5.74, 6) is 1.04. The highest BCUT2D eigenvalue weighted by molar-refractivity contribution is 5.95. The van der Waals surface area contributed by atoms with Crippen LogP contribution < -0.4 is 0 Å². The SMILES string of the molecule is Cc1[nH]ncc1C(=O)N(CC(C)C)CC(C)C. The van der Waals surface area contributed by atoms with Crippen molar-refractivity contribution in [2.24, 2.45) is 11.8 Å². The van der Waals surface area contributed by atoms with Crippen LogP contribution in [0.3, 0.4) is 0 Å². The lowest BCUT2D eigenvalue weighted by molar-refractivity contribution is 0.0714. The molecule has 17 heavy (non-hydrogen) atoms. The van der Waals surface area contributed by atoms with Gasteiger partial charge in [-0.15, -0.1) is 0 Å². The molecular formula is C13H23N3O. The van der Waals surface area contributed by atoms with Gasteiger partial charge in [-0.25, -0.2) is 0 Å².